The van der Waals surface area contributed by atoms with E-state index in [0.29, 0.717) is 50.2 Å². The number of benzene rings is 4. The summed E-state index contributed by atoms with van der Waals surface area (Å²) in [4.78, 5) is 25.9. The maximum atomic E-state index is 12.1. The van der Waals surface area contributed by atoms with Gasteiger partial charge in [-0.2, -0.15) is 31.8 Å². The molecule has 1 saturated carbocycles. The van der Waals surface area contributed by atoms with Crippen LogP contribution in [0.5, 0.6) is 0 Å². The van der Waals surface area contributed by atoms with Gasteiger partial charge in [-0.05, 0) is 148 Å². The van der Waals surface area contributed by atoms with Crippen LogP contribution in [0, 0.1) is 27.0 Å². The SMILES string of the molecule is [C-]#[N+]c1c(-c2ccc(C)c(S(=O)(=O)O)c2)nsc1N=Nc1ccc(N(CC)CC)cc1Nc1nc(Nc2cc(N(CC)CC)ccc2N=Nc2snc(-c3ccc(C)c(S(=O)(=O)O)c3)c2[N+]#[C-])nc(SC2CCCCC2)n1. The summed E-state index contributed by atoms with van der Waals surface area (Å²) in [6.07, 6.45) is 5.36. The topological polar surface area (TPSA) is 262 Å². The molecule has 0 spiro atoms. The van der Waals surface area contributed by atoms with E-state index in [1.165, 1.54) is 24.3 Å². The van der Waals surface area contributed by atoms with Gasteiger partial charge in [0.2, 0.25) is 11.9 Å². The Morgan fingerprint density at radius 1 is 0.623 bits per heavy atom. The number of nitrogens with one attached hydrogen (secondary N) is 2. The van der Waals surface area contributed by atoms with Gasteiger partial charge in [-0.1, -0.05) is 55.3 Å². The van der Waals surface area contributed by atoms with Gasteiger partial charge >= 0.3 is 0 Å². The smallest absolute Gasteiger partial charge is 0.294 e. The van der Waals surface area contributed by atoms with Gasteiger partial charge < -0.3 is 20.4 Å². The van der Waals surface area contributed by atoms with Crippen molar-refractivity contribution in [1.29, 1.82) is 0 Å². The van der Waals surface area contributed by atoms with Crippen molar-refractivity contribution in [3.8, 4) is 22.5 Å². The number of nitrogens with zero attached hydrogens (tertiary/aromatic N) is 13. The van der Waals surface area contributed by atoms with Crippen molar-refractivity contribution in [2.24, 2.45) is 20.5 Å². The van der Waals surface area contributed by atoms with Gasteiger partial charge in [0.1, 0.15) is 11.4 Å². The maximum Gasteiger partial charge on any atom is 0.294 e. The van der Waals surface area contributed by atoms with E-state index in [0.717, 1.165) is 92.7 Å². The van der Waals surface area contributed by atoms with Gasteiger partial charge in [-0.25, -0.2) is 18.4 Å². The van der Waals surface area contributed by atoms with E-state index in [4.69, 9.17) is 28.1 Å². The average Bonchev–Trinajstić information content (AvgIpc) is 4.03. The zero-order valence-corrected chi connectivity index (χ0v) is 46.8. The number of hydrogen-bond acceptors (Lipinski definition) is 20. The largest absolute Gasteiger partial charge is 0.372 e. The van der Waals surface area contributed by atoms with Crippen LogP contribution < -0.4 is 20.4 Å². The van der Waals surface area contributed by atoms with Crippen molar-refractivity contribution < 1.29 is 25.9 Å². The predicted octanol–water partition coefficient (Wildman–Crippen LogP) is 14.8. The molecule has 21 nitrogen and oxygen atoms in total. The van der Waals surface area contributed by atoms with Crippen LogP contribution in [0.3, 0.4) is 0 Å². The van der Waals surface area contributed by atoms with Crippen LogP contribution in [-0.4, -0.2) is 81.1 Å². The van der Waals surface area contributed by atoms with Gasteiger partial charge in [0.05, 0.1) is 45.7 Å². The zero-order valence-electron chi connectivity index (χ0n) is 42.8. The Balaban J connectivity index is 1.18. The second kappa shape index (κ2) is 24.4. The summed E-state index contributed by atoms with van der Waals surface area (Å²) < 4.78 is 77.2. The van der Waals surface area contributed by atoms with Crippen molar-refractivity contribution in [2.75, 3.05) is 46.6 Å². The molecule has 398 valence electrons. The molecule has 8 rings (SSSR count). The summed E-state index contributed by atoms with van der Waals surface area (Å²) in [5.41, 5.74) is 5.34. The van der Waals surface area contributed by atoms with Crippen LogP contribution in [0.4, 0.5) is 67.4 Å². The number of rotatable bonds is 20. The van der Waals surface area contributed by atoms with Gasteiger partial charge in [-0.15, -0.1) is 20.5 Å². The van der Waals surface area contributed by atoms with Crippen LogP contribution in [0.2, 0.25) is 0 Å². The Kier molecular flexibility index (Phi) is 17.7. The van der Waals surface area contributed by atoms with Crippen molar-refractivity contribution in [1.82, 2.24) is 23.7 Å². The first-order valence-electron chi connectivity index (χ1n) is 24.4. The molecule has 0 radical (unpaired) electrons. The minimum Gasteiger partial charge on any atom is -0.372 e. The summed E-state index contributed by atoms with van der Waals surface area (Å²) in [7, 11) is -9.09. The standard InChI is InChI=1S/C51H53N15O6S5/c1-9-65(10-2)34-22-24-37(59-61-47-45(52-7)43(63-74-47)32-20-18-30(5)41(26-32)76(67,68)69)39(28-34)54-49-56-50(58-51(57-49)73-36-16-14-13-15-17-36)55-40-29-35(66(11-3)12-4)23-25-38(40)60-62-48-46(53-8)44(64-75-48)33-21-19-31(6)42(27-33)77(70,71)72/h18-29,36H,9-17H2,1-6H3,(H,67,68,69)(H,70,71,72)(H2,54,55,56,57,58). The number of aromatic nitrogens is 5. The molecule has 3 aromatic heterocycles. The molecule has 1 aliphatic carbocycles. The first-order valence-corrected chi connectivity index (χ1v) is 29.7. The molecule has 26 heteroatoms. The van der Waals surface area contributed by atoms with E-state index in [2.05, 4.69) is 87.0 Å². The lowest BCUT2D eigenvalue weighted by molar-refractivity contribution is 0.480. The highest BCUT2D eigenvalue weighted by molar-refractivity contribution is 7.99. The minimum absolute atomic E-state index is 0.0578. The molecular weight excluding hydrogens is 1080 g/mol. The number of aryl methyl sites for hydroxylation is 2. The van der Waals surface area contributed by atoms with Crippen LogP contribution in [0.25, 0.3) is 32.2 Å². The van der Waals surface area contributed by atoms with Crippen molar-refractivity contribution >= 4 is 122 Å². The van der Waals surface area contributed by atoms with E-state index in [1.807, 2.05) is 24.3 Å². The molecule has 0 bridgehead atoms. The Morgan fingerprint density at radius 2 is 1.05 bits per heavy atom. The third-order valence-corrected chi connectivity index (χ3v) is 17.3. The molecule has 0 amide bonds. The molecule has 3 heterocycles. The van der Waals surface area contributed by atoms with Crippen LogP contribution in [0.15, 0.2) is 108 Å². The van der Waals surface area contributed by atoms with E-state index in [9.17, 15) is 25.9 Å². The van der Waals surface area contributed by atoms with Crippen molar-refractivity contribution in [3.05, 3.63) is 107 Å². The molecule has 0 saturated heterocycles. The number of azo groups is 2. The van der Waals surface area contributed by atoms with Crippen molar-refractivity contribution in [2.45, 2.75) is 93.8 Å². The molecule has 0 atom stereocenters. The molecule has 1 fully saturated rings. The monoisotopic (exact) mass is 1130 g/mol. The fraction of sp³-hybridized carbons (Fsp3) is 0.314. The second-order valence-electron chi connectivity index (χ2n) is 17.5. The summed E-state index contributed by atoms with van der Waals surface area (Å²) in [6, 6.07) is 20.2. The highest BCUT2D eigenvalue weighted by Gasteiger charge is 2.24. The fourth-order valence-electron chi connectivity index (χ4n) is 8.60. The molecule has 4 N–H and O–H groups in total. The highest BCUT2D eigenvalue weighted by atomic mass is 32.2. The van der Waals surface area contributed by atoms with Gasteiger partial charge in [-0.3, -0.25) is 9.11 Å². The highest BCUT2D eigenvalue weighted by Crippen LogP contribution is 2.46. The Morgan fingerprint density at radius 3 is 1.44 bits per heavy atom. The summed E-state index contributed by atoms with van der Waals surface area (Å²) in [5.74, 6) is 0.389. The van der Waals surface area contributed by atoms with E-state index >= 15 is 0 Å². The Hall–Kier alpha value is -7.30. The maximum absolute atomic E-state index is 12.1. The van der Waals surface area contributed by atoms with E-state index < -0.39 is 20.2 Å². The van der Waals surface area contributed by atoms with E-state index in [1.54, 1.807) is 49.9 Å². The molecule has 1 aliphatic rings. The summed E-state index contributed by atoms with van der Waals surface area (Å²) in [5, 5.41) is 26.2. The van der Waals surface area contributed by atoms with Crippen LogP contribution in [-0.2, 0) is 20.2 Å². The molecular formula is C51H53N15O6S5. The minimum atomic E-state index is -4.54. The fourth-order valence-corrected chi connectivity index (χ4v) is 12.6. The normalized spacial score (nSPS) is 13.2. The summed E-state index contributed by atoms with van der Waals surface area (Å²) >= 11 is 3.42. The van der Waals surface area contributed by atoms with Crippen LogP contribution >= 0.6 is 34.8 Å². The van der Waals surface area contributed by atoms with Crippen molar-refractivity contribution in [3.63, 3.8) is 0 Å². The molecule has 0 aliphatic heterocycles. The molecule has 4 aromatic carbocycles. The zero-order chi connectivity index (χ0) is 55.0. The molecule has 77 heavy (non-hydrogen) atoms. The van der Waals surface area contributed by atoms with Gasteiger partial charge in [0, 0.05) is 42.8 Å². The number of hydrogen-bond donors (Lipinski definition) is 4. The predicted molar refractivity (Wildman–Crippen MR) is 304 cm³/mol. The number of thioether (sulfide) groups is 1. The lowest BCUT2D eigenvalue weighted by Crippen LogP contribution is -2.21. The Labute approximate surface area is 459 Å². The van der Waals surface area contributed by atoms with Crippen LogP contribution in [0.1, 0.15) is 70.9 Å². The first-order chi connectivity index (χ1) is 36.9. The molecule has 0 unspecified atom stereocenters. The van der Waals surface area contributed by atoms with Gasteiger partial charge in [0.15, 0.2) is 15.2 Å². The third-order valence-electron chi connectivity index (χ3n) is 12.6. The third kappa shape index (κ3) is 13.1. The first kappa shape index (κ1) is 55.9. The van der Waals surface area contributed by atoms with Gasteiger partial charge in [0.25, 0.3) is 31.6 Å². The number of anilines is 6. The quantitative estimate of drug-likeness (QED) is 0.0314. The van der Waals surface area contributed by atoms with E-state index in [-0.39, 0.29) is 59.7 Å². The average molecular weight is 1130 g/mol. The second-order valence-corrected chi connectivity index (χ2v) is 23.1. The lowest BCUT2D eigenvalue weighted by Gasteiger charge is -2.23. The lowest BCUT2D eigenvalue weighted by atomic mass is 10.0. The summed E-state index contributed by atoms with van der Waals surface area (Å²) in [6.45, 7) is 30.3. The molecule has 7 aromatic rings. The Bertz CT molecular complexity index is 3480.